The number of thioether (sulfide) groups is 1. The first-order valence-corrected chi connectivity index (χ1v) is 11.3. The number of rotatable bonds is 7. The minimum absolute atomic E-state index is 0.253. The molecule has 0 spiro atoms. The Hall–Kier alpha value is -2.91. The fourth-order valence-corrected chi connectivity index (χ4v) is 3.21. The quantitative estimate of drug-likeness (QED) is 0.596. The number of aromatic nitrogens is 2. The van der Waals surface area contributed by atoms with Crippen molar-refractivity contribution in [1.29, 1.82) is 0 Å². The van der Waals surface area contributed by atoms with Gasteiger partial charge >= 0.3 is 0 Å². The van der Waals surface area contributed by atoms with Gasteiger partial charge in [0.25, 0.3) is 11.1 Å². The summed E-state index contributed by atoms with van der Waals surface area (Å²) in [6.45, 7) is 9.57. The van der Waals surface area contributed by atoms with Crippen molar-refractivity contribution in [3.8, 4) is 5.75 Å². The molecule has 0 aliphatic carbocycles. The van der Waals surface area contributed by atoms with Crippen molar-refractivity contribution in [1.82, 2.24) is 15.3 Å². The maximum absolute atomic E-state index is 11.6. The Labute approximate surface area is 194 Å². The predicted octanol–water partition coefficient (Wildman–Crippen LogP) is 4.09. The van der Waals surface area contributed by atoms with Gasteiger partial charge in [-0.05, 0) is 62.5 Å². The van der Waals surface area contributed by atoms with Crippen molar-refractivity contribution in [2.24, 2.45) is 5.73 Å². The van der Waals surface area contributed by atoms with Crippen LogP contribution in [-0.2, 0) is 4.79 Å². The fourth-order valence-electron chi connectivity index (χ4n) is 2.52. The van der Waals surface area contributed by atoms with Crippen LogP contribution in [0.5, 0.6) is 5.75 Å². The lowest BCUT2D eigenvalue weighted by molar-refractivity contribution is -0.115. The highest BCUT2D eigenvalue weighted by Crippen LogP contribution is 2.26. The second-order valence-corrected chi connectivity index (χ2v) is 7.83. The van der Waals surface area contributed by atoms with E-state index in [1.54, 1.807) is 24.5 Å². The molecule has 1 saturated heterocycles. The third-order valence-corrected chi connectivity index (χ3v) is 4.66. The molecule has 1 aliphatic heterocycles. The summed E-state index contributed by atoms with van der Waals surface area (Å²) < 4.78 is 5.81. The summed E-state index contributed by atoms with van der Waals surface area (Å²) in [5.74, 6) is 1.05. The average molecular weight is 460 g/mol. The molecule has 1 aromatic heterocycles. The molecule has 1 aromatic carbocycles. The number of nitrogens with zero attached hydrogens (tertiary/aromatic N) is 3. The highest BCUT2D eigenvalue weighted by atomic mass is 32.2. The van der Waals surface area contributed by atoms with Crippen LogP contribution in [0.2, 0.25) is 0 Å². The van der Waals surface area contributed by atoms with Crippen LogP contribution in [0, 0.1) is 0 Å². The van der Waals surface area contributed by atoms with E-state index in [2.05, 4.69) is 53.6 Å². The maximum atomic E-state index is 11.6. The second kappa shape index (κ2) is 15.0. The molecule has 0 unspecified atom stereocenters. The van der Waals surface area contributed by atoms with Crippen molar-refractivity contribution in [2.75, 3.05) is 25.1 Å². The zero-order valence-electron chi connectivity index (χ0n) is 19.4. The lowest BCUT2D eigenvalue weighted by atomic mass is 10.2. The lowest BCUT2D eigenvalue weighted by Crippen LogP contribution is -2.35. The third kappa shape index (κ3) is 9.07. The van der Waals surface area contributed by atoms with Crippen LogP contribution in [0.25, 0.3) is 6.08 Å². The van der Waals surface area contributed by atoms with Gasteiger partial charge in [-0.1, -0.05) is 32.4 Å². The normalized spacial score (nSPS) is 13.7. The van der Waals surface area contributed by atoms with E-state index < -0.39 is 0 Å². The summed E-state index contributed by atoms with van der Waals surface area (Å²) >= 11 is 0.903. The number of imide groups is 1. The highest BCUT2D eigenvalue weighted by Gasteiger charge is 2.24. The van der Waals surface area contributed by atoms with E-state index in [-0.39, 0.29) is 17.2 Å². The van der Waals surface area contributed by atoms with E-state index in [4.69, 9.17) is 4.74 Å². The van der Waals surface area contributed by atoms with Crippen molar-refractivity contribution in [3.63, 3.8) is 0 Å². The van der Waals surface area contributed by atoms with Crippen LogP contribution in [-0.4, -0.2) is 47.4 Å². The number of anilines is 1. The van der Waals surface area contributed by atoms with Gasteiger partial charge in [-0.3, -0.25) is 14.9 Å². The number of hydrogen-bond acceptors (Lipinski definition) is 8. The SMILES string of the molecule is CC(C)N(CCOc1ccc(/C=C2/SC(=O)NC2=O)cc1)c1ncccn1.CCC.CN. The number of carbonyl (C=O) groups is 2. The number of nitrogens with one attached hydrogen (secondary N) is 1. The molecule has 0 radical (unpaired) electrons. The van der Waals surface area contributed by atoms with Crippen LogP contribution in [0.3, 0.4) is 0 Å². The molecule has 9 heteroatoms. The number of ether oxygens (including phenoxy) is 1. The van der Waals surface area contributed by atoms with Crippen LogP contribution < -0.4 is 20.7 Å². The smallest absolute Gasteiger partial charge is 0.290 e. The number of amides is 2. The first kappa shape index (κ1) is 27.1. The van der Waals surface area contributed by atoms with Crippen LogP contribution >= 0.6 is 11.8 Å². The standard InChI is InChI=1S/C19H20N4O3S.C3H8.CH5N/c1-13(2)23(18-20-8-3-9-21-18)10-11-26-15-6-4-14(5-7-15)12-16-17(24)22-19(25)27-16;1-3-2;1-2/h3-9,12-13H,10-11H2,1-2H3,(H,22,24,25);3H2,1-2H3;2H2,1H3/b16-12+;;. The number of hydrogen-bond donors (Lipinski definition) is 2. The molecule has 2 heterocycles. The Morgan fingerprint density at radius 1 is 1.12 bits per heavy atom. The van der Waals surface area contributed by atoms with Gasteiger partial charge in [-0.2, -0.15) is 0 Å². The summed E-state index contributed by atoms with van der Waals surface area (Å²) in [5.41, 5.74) is 5.33. The van der Waals surface area contributed by atoms with Gasteiger partial charge in [0.1, 0.15) is 12.4 Å². The second-order valence-electron chi connectivity index (χ2n) is 6.81. The Morgan fingerprint density at radius 2 is 1.72 bits per heavy atom. The maximum Gasteiger partial charge on any atom is 0.290 e. The van der Waals surface area contributed by atoms with Crippen molar-refractivity contribution >= 4 is 34.9 Å². The molecule has 2 aromatic rings. The Bertz CT molecular complexity index is 858. The molecule has 3 rings (SSSR count). The first-order chi connectivity index (χ1) is 15.4. The molecule has 2 amide bonds. The lowest BCUT2D eigenvalue weighted by Gasteiger charge is -2.26. The van der Waals surface area contributed by atoms with Gasteiger partial charge < -0.3 is 15.4 Å². The summed E-state index contributed by atoms with van der Waals surface area (Å²) in [5, 5.41) is 1.89. The van der Waals surface area contributed by atoms with E-state index in [0.29, 0.717) is 24.0 Å². The average Bonchev–Trinajstić information content (AvgIpc) is 3.11. The van der Waals surface area contributed by atoms with Gasteiger partial charge in [0.05, 0.1) is 11.4 Å². The zero-order chi connectivity index (χ0) is 23.9. The topological polar surface area (TPSA) is 110 Å². The van der Waals surface area contributed by atoms with Gasteiger partial charge in [0, 0.05) is 18.4 Å². The summed E-state index contributed by atoms with van der Waals surface area (Å²) in [4.78, 5) is 33.8. The monoisotopic (exact) mass is 459 g/mol. The molecule has 32 heavy (non-hydrogen) atoms. The predicted molar refractivity (Wildman–Crippen MR) is 132 cm³/mol. The molecule has 1 fully saturated rings. The third-order valence-electron chi connectivity index (χ3n) is 3.85. The number of nitrogens with two attached hydrogens (primary N) is 1. The Kier molecular flexibility index (Phi) is 12.7. The molecule has 0 bridgehead atoms. The molecular weight excluding hydrogens is 426 g/mol. The molecule has 3 N–H and O–H groups in total. The van der Waals surface area contributed by atoms with Crippen molar-refractivity contribution < 1.29 is 14.3 Å². The molecule has 8 nitrogen and oxygen atoms in total. The summed E-state index contributed by atoms with van der Waals surface area (Å²) in [6, 6.07) is 9.41. The minimum Gasteiger partial charge on any atom is -0.492 e. The largest absolute Gasteiger partial charge is 0.492 e. The van der Waals surface area contributed by atoms with E-state index in [1.165, 1.54) is 13.5 Å². The van der Waals surface area contributed by atoms with Gasteiger partial charge in [0.2, 0.25) is 5.95 Å². The number of carbonyl (C=O) groups excluding carboxylic acids is 2. The van der Waals surface area contributed by atoms with E-state index >= 15 is 0 Å². The minimum atomic E-state index is -0.359. The van der Waals surface area contributed by atoms with E-state index in [1.807, 2.05) is 24.3 Å². The molecule has 174 valence electrons. The van der Waals surface area contributed by atoms with Crippen molar-refractivity contribution in [2.45, 2.75) is 40.2 Å². The fraction of sp³-hybridized carbons (Fsp3) is 0.391. The summed E-state index contributed by atoms with van der Waals surface area (Å²) in [7, 11) is 1.50. The Morgan fingerprint density at radius 3 is 2.22 bits per heavy atom. The van der Waals surface area contributed by atoms with Gasteiger partial charge in [-0.25, -0.2) is 9.97 Å². The zero-order valence-corrected chi connectivity index (χ0v) is 20.2. The Balaban J connectivity index is 0.000000944. The molecule has 0 saturated carbocycles. The van der Waals surface area contributed by atoms with Crippen molar-refractivity contribution in [3.05, 3.63) is 53.2 Å². The van der Waals surface area contributed by atoms with Crippen LogP contribution in [0.4, 0.5) is 10.7 Å². The highest BCUT2D eigenvalue weighted by molar-refractivity contribution is 8.18. The molecule has 1 aliphatic rings. The van der Waals surface area contributed by atoms with E-state index in [0.717, 1.165) is 23.1 Å². The van der Waals surface area contributed by atoms with Crippen LogP contribution in [0.1, 0.15) is 39.7 Å². The number of benzene rings is 1. The van der Waals surface area contributed by atoms with Gasteiger partial charge in [-0.15, -0.1) is 0 Å². The van der Waals surface area contributed by atoms with Crippen LogP contribution in [0.15, 0.2) is 47.6 Å². The molecular formula is C23H33N5O3S. The summed E-state index contributed by atoms with van der Waals surface area (Å²) in [6.07, 6.45) is 6.38. The van der Waals surface area contributed by atoms with E-state index in [9.17, 15) is 9.59 Å². The first-order valence-electron chi connectivity index (χ1n) is 10.5. The molecule has 0 atom stereocenters. The van der Waals surface area contributed by atoms with Gasteiger partial charge in [0.15, 0.2) is 0 Å².